The lowest BCUT2D eigenvalue weighted by atomic mass is 9.41. The van der Waals surface area contributed by atoms with Crippen LogP contribution in [0.3, 0.4) is 0 Å². The molecule has 0 radical (unpaired) electrons. The van der Waals surface area contributed by atoms with Gasteiger partial charge < -0.3 is 4.90 Å². The molecule has 0 amide bonds. The number of nitrogens with zero attached hydrogens (tertiary/aromatic N) is 1. The molecule has 8 aromatic carbocycles. The smallest absolute Gasteiger partial charge is 0.0707 e. The first-order chi connectivity index (χ1) is 30.0. The van der Waals surface area contributed by atoms with Crippen LogP contribution in [0.2, 0.25) is 0 Å². The summed E-state index contributed by atoms with van der Waals surface area (Å²) in [6.07, 6.45) is 5.02. The third kappa shape index (κ3) is 6.04. The molecule has 0 heterocycles. The first-order valence-electron chi connectivity index (χ1n) is 22.5. The van der Waals surface area contributed by atoms with Gasteiger partial charge in [-0.05, 0) is 141 Å². The second-order valence-corrected chi connectivity index (χ2v) is 18.3. The zero-order valence-corrected chi connectivity index (χ0v) is 35.3. The minimum Gasteiger partial charge on any atom is -0.310 e. The van der Waals surface area contributed by atoms with Gasteiger partial charge in [-0.25, -0.2) is 0 Å². The lowest BCUT2D eigenvalue weighted by Gasteiger charge is -2.62. The molecule has 3 aliphatic rings. The number of benzene rings is 8. The Balaban J connectivity index is 1.21. The van der Waals surface area contributed by atoms with Crippen LogP contribution < -0.4 is 4.90 Å². The minimum atomic E-state index is -0.489. The summed E-state index contributed by atoms with van der Waals surface area (Å²) in [6, 6.07) is 80.0. The Morgan fingerprint density at radius 1 is 0.344 bits per heavy atom. The van der Waals surface area contributed by atoms with Crippen molar-refractivity contribution in [3.8, 4) is 22.3 Å². The monoisotopic (exact) mass is 787 g/mol. The van der Waals surface area contributed by atoms with Gasteiger partial charge in [-0.2, -0.15) is 0 Å². The normalized spacial score (nSPS) is 22.2. The SMILES string of the molecule is C[C@H]1C[C@@H]2C[C@@H](C)C[C@H](C1)C21c2ccccc2C(c2ccccc2)(c2ccccc2)c2ccc(N(c3ccc(-c4ccccc4)cc3)c3cccc(-c4ccccc4)c3)cc21. The van der Waals surface area contributed by atoms with E-state index in [1.807, 2.05) is 0 Å². The fourth-order valence-electron chi connectivity index (χ4n) is 12.6. The van der Waals surface area contributed by atoms with Crippen molar-refractivity contribution in [3.63, 3.8) is 0 Å². The van der Waals surface area contributed by atoms with Gasteiger partial charge in [0, 0.05) is 22.5 Å². The molecule has 2 fully saturated rings. The molecule has 1 heteroatoms. The summed E-state index contributed by atoms with van der Waals surface area (Å²) in [4.78, 5) is 2.52. The molecule has 61 heavy (non-hydrogen) atoms. The summed E-state index contributed by atoms with van der Waals surface area (Å²) in [6.45, 7) is 5.04. The van der Waals surface area contributed by atoms with Crippen LogP contribution in [-0.2, 0) is 10.8 Å². The number of hydrogen-bond donors (Lipinski definition) is 0. The molecular weight excluding hydrogens is 735 g/mol. The molecular formula is C60H53N. The van der Waals surface area contributed by atoms with Crippen molar-refractivity contribution < 1.29 is 0 Å². The highest BCUT2D eigenvalue weighted by atomic mass is 15.1. The van der Waals surface area contributed by atoms with Crippen molar-refractivity contribution in [2.75, 3.05) is 4.90 Å². The maximum atomic E-state index is 2.66. The molecule has 11 rings (SSSR count). The fourth-order valence-corrected chi connectivity index (χ4v) is 12.6. The van der Waals surface area contributed by atoms with E-state index in [1.165, 1.54) is 81.4 Å². The molecule has 298 valence electrons. The van der Waals surface area contributed by atoms with Gasteiger partial charge in [0.25, 0.3) is 0 Å². The van der Waals surface area contributed by atoms with Gasteiger partial charge in [0.1, 0.15) is 0 Å². The Hall–Kier alpha value is -6.44. The highest BCUT2D eigenvalue weighted by Gasteiger charge is 2.61. The third-order valence-electron chi connectivity index (χ3n) is 14.8. The average Bonchev–Trinajstić information content (AvgIpc) is 3.31. The summed E-state index contributed by atoms with van der Waals surface area (Å²) >= 11 is 0. The number of rotatable bonds is 7. The third-order valence-corrected chi connectivity index (χ3v) is 14.8. The molecule has 0 aliphatic heterocycles. The topological polar surface area (TPSA) is 3.24 Å². The molecule has 0 unspecified atom stereocenters. The highest BCUT2D eigenvalue weighted by Crippen LogP contribution is 2.67. The Bertz CT molecular complexity index is 2720. The van der Waals surface area contributed by atoms with E-state index in [0.717, 1.165) is 11.4 Å². The maximum absolute atomic E-state index is 2.66. The van der Waals surface area contributed by atoms with Gasteiger partial charge in [-0.1, -0.05) is 190 Å². The summed E-state index contributed by atoms with van der Waals surface area (Å²) in [5.41, 5.74) is 16.4. The Morgan fingerprint density at radius 2 is 0.770 bits per heavy atom. The van der Waals surface area contributed by atoms with Gasteiger partial charge in [0.15, 0.2) is 0 Å². The summed E-state index contributed by atoms with van der Waals surface area (Å²) in [7, 11) is 0. The predicted octanol–water partition coefficient (Wildman–Crippen LogP) is 15.6. The first kappa shape index (κ1) is 37.6. The molecule has 0 aromatic heterocycles. The molecule has 0 atom stereocenters. The van der Waals surface area contributed by atoms with Gasteiger partial charge in [-0.3, -0.25) is 0 Å². The van der Waals surface area contributed by atoms with Gasteiger partial charge in [-0.15, -0.1) is 0 Å². The van der Waals surface area contributed by atoms with Crippen molar-refractivity contribution in [1.29, 1.82) is 0 Å². The predicted molar refractivity (Wildman–Crippen MR) is 255 cm³/mol. The van der Waals surface area contributed by atoms with Crippen molar-refractivity contribution in [2.45, 2.75) is 50.4 Å². The number of hydrogen-bond acceptors (Lipinski definition) is 1. The van der Waals surface area contributed by atoms with E-state index in [9.17, 15) is 0 Å². The Labute approximate surface area is 362 Å². The van der Waals surface area contributed by atoms with Crippen molar-refractivity contribution in [1.82, 2.24) is 0 Å². The van der Waals surface area contributed by atoms with Crippen LogP contribution in [0, 0.1) is 23.7 Å². The minimum absolute atomic E-state index is 0.108. The van der Waals surface area contributed by atoms with E-state index in [1.54, 1.807) is 5.56 Å². The second-order valence-electron chi connectivity index (χ2n) is 18.3. The molecule has 0 N–H and O–H groups in total. The van der Waals surface area contributed by atoms with Gasteiger partial charge in [0.05, 0.1) is 5.41 Å². The summed E-state index contributed by atoms with van der Waals surface area (Å²) in [5, 5.41) is 0. The largest absolute Gasteiger partial charge is 0.310 e. The van der Waals surface area contributed by atoms with Crippen LogP contribution in [0.1, 0.15) is 72.9 Å². The van der Waals surface area contributed by atoms with Crippen molar-refractivity contribution in [2.24, 2.45) is 23.7 Å². The summed E-state index contributed by atoms with van der Waals surface area (Å²) < 4.78 is 0. The van der Waals surface area contributed by atoms with Crippen LogP contribution in [0.5, 0.6) is 0 Å². The lowest BCUT2D eigenvalue weighted by Crippen LogP contribution is -2.56. The number of fused-ring (bicyclic) bond motifs is 2. The van der Waals surface area contributed by atoms with Crippen molar-refractivity contribution >= 4 is 17.1 Å². The fraction of sp³-hybridized carbons (Fsp3) is 0.200. The van der Waals surface area contributed by atoms with E-state index in [0.29, 0.717) is 23.7 Å². The van der Waals surface area contributed by atoms with Gasteiger partial charge in [0.2, 0.25) is 0 Å². The number of anilines is 3. The molecule has 0 saturated heterocycles. The maximum Gasteiger partial charge on any atom is 0.0707 e. The lowest BCUT2D eigenvalue weighted by molar-refractivity contribution is 0.0238. The van der Waals surface area contributed by atoms with Crippen LogP contribution >= 0.6 is 0 Å². The van der Waals surface area contributed by atoms with Crippen LogP contribution in [0.25, 0.3) is 22.3 Å². The van der Waals surface area contributed by atoms with Crippen LogP contribution in [-0.4, -0.2) is 0 Å². The molecule has 1 nitrogen and oxygen atoms in total. The Kier molecular flexibility index (Phi) is 9.38. The zero-order valence-electron chi connectivity index (χ0n) is 35.3. The highest BCUT2D eigenvalue weighted by molar-refractivity contribution is 5.83. The van der Waals surface area contributed by atoms with E-state index in [-0.39, 0.29) is 5.41 Å². The van der Waals surface area contributed by atoms with Crippen LogP contribution in [0.15, 0.2) is 212 Å². The van der Waals surface area contributed by atoms with E-state index in [4.69, 9.17) is 0 Å². The quantitative estimate of drug-likeness (QED) is 0.155. The van der Waals surface area contributed by atoms with E-state index < -0.39 is 5.41 Å². The van der Waals surface area contributed by atoms with Crippen molar-refractivity contribution in [3.05, 3.63) is 246 Å². The standard InChI is InChI=1S/C60H53N/c1-42-36-50-38-43(2)39-51(37-42)60(50)56-29-16-15-28-55(56)59(48-23-11-5-12-24-48,49-25-13-6-14-26-49)57-35-34-54(41-58(57)60)61(52-32-30-46(31-33-52)44-18-7-3-8-19-44)53-27-17-22-47(40-53)45-20-9-4-10-21-45/h3-35,40-43,50-51H,36-39H2,1-2H3/t42-,43+,50+,51-,60?. The van der Waals surface area contributed by atoms with Gasteiger partial charge >= 0.3 is 0 Å². The second kappa shape index (κ2) is 15.2. The molecule has 8 aromatic rings. The molecule has 3 aliphatic carbocycles. The molecule has 2 bridgehead atoms. The first-order valence-corrected chi connectivity index (χ1v) is 22.5. The van der Waals surface area contributed by atoms with E-state index in [2.05, 4.69) is 231 Å². The Morgan fingerprint density at radius 3 is 1.34 bits per heavy atom. The molecule has 1 spiro atoms. The van der Waals surface area contributed by atoms with E-state index >= 15 is 0 Å². The average molecular weight is 788 g/mol. The summed E-state index contributed by atoms with van der Waals surface area (Å²) in [5.74, 6) is 2.51. The van der Waals surface area contributed by atoms with Crippen LogP contribution in [0.4, 0.5) is 17.1 Å². The molecule has 2 saturated carbocycles. The zero-order chi connectivity index (χ0) is 41.0.